The monoisotopic (exact) mass is 465 g/mol. The average molecular weight is 466 g/mol. The number of halogens is 1. The van der Waals surface area contributed by atoms with E-state index in [0.717, 1.165) is 0 Å². The number of nitrogens with zero attached hydrogens (tertiary/aromatic N) is 4. The third-order valence-electron chi connectivity index (χ3n) is 4.51. The topological polar surface area (TPSA) is 103 Å². The van der Waals surface area contributed by atoms with Crippen molar-refractivity contribution in [3.05, 3.63) is 54.3 Å². The summed E-state index contributed by atoms with van der Waals surface area (Å²) in [4.78, 5) is 0.171. The predicted octanol–water partition coefficient (Wildman–Crippen LogP) is 3.00. The van der Waals surface area contributed by atoms with Crippen LogP contribution in [-0.2, 0) is 10.0 Å². The summed E-state index contributed by atoms with van der Waals surface area (Å²) in [7, 11) is -3.60. The highest BCUT2D eigenvalue weighted by Gasteiger charge is 2.23. The number of aromatic nitrogens is 3. The van der Waals surface area contributed by atoms with E-state index in [1.165, 1.54) is 32.9 Å². The van der Waals surface area contributed by atoms with E-state index >= 15 is 0 Å². The molecule has 1 aromatic heterocycles. The molecule has 0 saturated carbocycles. The standard InChI is InChI=1S/C20H24FN5O3S2/c1-3-25(4-2)31(27,28)16-9-7-8-15(14-16)19-23-24-20(26(19)22)30-13-12-29-18-11-6-5-10-17(18)21/h5-11,14H,3-4,12-13,22H2,1-2H3. The summed E-state index contributed by atoms with van der Waals surface area (Å²) in [6.07, 6.45) is 0. The van der Waals surface area contributed by atoms with Gasteiger partial charge in [-0.15, -0.1) is 10.2 Å². The van der Waals surface area contributed by atoms with Crippen LogP contribution in [0.2, 0.25) is 0 Å². The smallest absolute Gasteiger partial charge is 0.243 e. The van der Waals surface area contributed by atoms with Crippen LogP contribution in [-0.4, -0.2) is 53.0 Å². The van der Waals surface area contributed by atoms with Gasteiger partial charge in [-0.2, -0.15) is 4.31 Å². The lowest BCUT2D eigenvalue weighted by Gasteiger charge is -2.18. The van der Waals surface area contributed by atoms with E-state index < -0.39 is 15.8 Å². The molecule has 2 N–H and O–H groups in total. The molecule has 0 unspecified atom stereocenters. The van der Waals surface area contributed by atoms with Crippen molar-refractivity contribution in [2.75, 3.05) is 31.3 Å². The first kappa shape index (κ1) is 23.0. The van der Waals surface area contributed by atoms with Gasteiger partial charge in [0.05, 0.1) is 11.5 Å². The Bertz CT molecular complexity index is 1130. The number of rotatable bonds is 10. The molecule has 0 saturated heterocycles. The largest absolute Gasteiger partial charge is 0.490 e. The number of nitrogen functional groups attached to an aromatic ring is 1. The van der Waals surface area contributed by atoms with Gasteiger partial charge in [0.1, 0.15) is 0 Å². The number of hydrogen-bond acceptors (Lipinski definition) is 7. The molecule has 0 atom stereocenters. The molecule has 0 bridgehead atoms. The van der Waals surface area contributed by atoms with Crippen molar-refractivity contribution in [3.8, 4) is 17.1 Å². The highest BCUT2D eigenvalue weighted by molar-refractivity contribution is 7.99. The molecule has 2 aromatic carbocycles. The molecular weight excluding hydrogens is 441 g/mol. The summed E-state index contributed by atoms with van der Waals surface area (Å²) >= 11 is 1.30. The number of thioether (sulfide) groups is 1. The number of ether oxygens (including phenoxy) is 1. The predicted molar refractivity (Wildman–Crippen MR) is 118 cm³/mol. The molecule has 0 amide bonds. The highest BCUT2D eigenvalue weighted by atomic mass is 32.2. The third-order valence-corrected chi connectivity index (χ3v) is 7.46. The summed E-state index contributed by atoms with van der Waals surface area (Å²) in [5.41, 5.74) is 0.540. The Kier molecular flexibility index (Phi) is 7.52. The maximum atomic E-state index is 13.6. The van der Waals surface area contributed by atoms with Crippen molar-refractivity contribution < 1.29 is 17.5 Å². The van der Waals surface area contributed by atoms with Crippen molar-refractivity contribution in [1.29, 1.82) is 0 Å². The number of benzene rings is 2. The maximum absolute atomic E-state index is 13.6. The van der Waals surface area contributed by atoms with Crippen LogP contribution in [0.25, 0.3) is 11.4 Å². The molecule has 1 heterocycles. The molecule has 11 heteroatoms. The van der Waals surface area contributed by atoms with Crippen LogP contribution in [0.5, 0.6) is 5.75 Å². The fourth-order valence-corrected chi connectivity index (χ4v) is 5.10. The van der Waals surface area contributed by atoms with Gasteiger partial charge >= 0.3 is 0 Å². The Morgan fingerprint density at radius 3 is 2.58 bits per heavy atom. The fraction of sp³-hybridized carbons (Fsp3) is 0.300. The second kappa shape index (κ2) is 10.1. The van der Waals surface area contributed by atoms with Gasteiger partial charge in [0.2, 0.25) is 15.2 Å². The Labute approximate surface area is 185 Å². The first-order valence-electron chi connectivity index (χ1n) is 9.69. The highest BCUT2D eigenvalue weighted by Crippen LogP contribution is 2.25. The number of para-hydroxylation sites is 1. The number of hydrogen-bond donors (Lipinski definition) is 1. The van der Waals surface area contributed by atoms with E-state index in [9.17, 15) is 12.8 Å². The maximum Gasteiger partial charge on any atom is 0.243 e. The molecule has 0 aliphatic rings. The van der Waals surface area contributed by atoms with Crippen molar-refractivity contribution in [1.82, 2.24) is 19.2 Å². The minimum absolute atomic E-state index is 0.171. The first-order valence-corrected chi connectivity index (χ1v) is 12.1. The Morgan fingerprint density at radius 2 is 1.87 bits per heavy atom. The van der Waals surface area contributed by atoms with Gasteiger partial charge in [0, 0.05) is 24.4 Å². The third kappa shape index (κ3) is 5.17. The van der Waals surface area contributed by atoms with Gasteiger partial charge in [0.15, 0.2) is 17.4 Å². The Balaban J connectivity index is 1.71. The molecule has 166 valence electrons. The van der Waals surface area contributed by atoms with Crippen LogP contribution in [0.3, 0.4) is 0 Å². The molecule has 0 radical (unpaired) electrons. The number of sulfonamides is 1. The van der Waals surface area contributed by atoms with E-state index in [1.807, 2.05) is 0 Å². The van der Waals surface area contributed by atoms with Gasteiger partial charge in [-0.1, -0.05) is 49.9 Å². The lowest BCUT2D eigenvalue weighted by atomic mass is 10.2. The summed E-state index contributed by atoms with van der Waals surface area (Å²) in [6.45, 7) is 4.60. The van der Waals surface area contributed by atoms with Crippen LogP contribution in [0.15, 0.2) is 58.6 Å². The van der Waals surface area contributed by atoms with Gasteiger partial charge in [-0.25, -0.2) is 17.5 Å². The van der Waals surface area contributed by atoms with Crippen molar-refractivity contribution in [2.24, 2.45) is 0 Å². The summed E-state index contributed by atoms with van der Waals surface area (Å²) in [5.74, 6) is 6.71. The minimum Gasteiger partial charge on any atom is -0.490 e. The normalized spacial score (nSPS) is 11.7. The molecule has 0 aliphatic heterocycles. The molecule has 0 spiro atoms. The minimum atomic E-state index is -3.60. The summed E-state index contributed by atoms with van der Waals surface area (Å²) in [6, 6.07) is 12.6. The zero-order valence-electron chi connectivity index (χ0n) is 17.2. The number of nitrogens with two attached hydrogens (primary N) is 1. The molecule has 0 fully saturated rings. The van der Waals surface area contributed by atoms with Crippen LogP contribution in [0.1, 0.15) is 13.8 Å². The molecule has 8 nitrogen and oxygen atoms in total. The van der Waals surface area contributed by atoms with E-state index in [-0.39, 0.29) is 17.3 Å². The molecule has 31 heavy (non-hydrogen) atoms. The second-order valence-electron chi connectivity index (χ2n) is 6.42. The van der Waals surface area contributed by atoms with Gasteiger partial charge in [0.25, 0.3) is 0 Å². The first-order chi connectivity index (χ1) is 14.9. The molecule has 3 rings (SSSR count). The van der Waals surface area contributed by atoms with Crippen molar-refractivity contribution >= 4 is 21.8 Å². The van der Waals surface area contributed by atoms with Gasteiger partial charge in [-0.3, -0.25) is 0 Å². The molecular formula is C20H24FN5O3S2. The summed E-state index contributed by atoms with van der Waals surface area (Å²) < 4.78 is 47.3. The van der Waals surface area contributed by atoms with E-state index in [1.54, 1.807) is 50.2 Å². The SMILES string of the molecule is CCN(CC)S(=O)(=O)c1cccc(-c2nnc(SCCOc3ccccc3F)n2N)c1. The second-order valence-corrected chi connectivity index (χ2v) is 9.42. The lowest BCUT2D eigenvalue weighted by molar-refractivity contribution is 0.325. The fourth-order valence-electron chi connectivity index (χ4n) is 2.93. The lowest BCUT2D eigenvalue weighted by Crippen LogP contribution is -2.30. The molecule has 0 aliphatic carbocycles. The zero-order valence-corrected chi connectivity index (χ0v) is 18.9. The van der Waals surface area contributed by atoms with Crippen molar-refractivity contribution in [2.45, 2.75) is 23.9 Å². The van der Waals surface area contributed by atoms with Crippen LogP contribution < -0.4 is 10.6 Å². The van der Waals surface area contributed by atoms with Gasteiger partial charge in [-0.05, 0) is 24.3 Å². The Hall–Kier alpha value is -2.63. The summed E-state index contributed by atoms with van der Waals surface area (Å²) in [5, 5.41) is 8.61. The Morgan fingerprint density at radius 1 is 1.13 bits per heavy atom. The zero-order chi connectivity index (χ0) is 22.4. The van der Waals surface area contributed by atoms with Crippen LogP contribution in [0.4, 0.5) is 4.39 Å². The molecule has 3 aromatic rings. The van der Waals surface area contributed by atoms with E-state index in [2.05, 4.69) is 10.2 Å². The van der Waals surface area contributed by atoms with Gasteiger partial charge < -0.3 is 10.6 Å². The van der Waals surface area contributed by atoms with Crippen LogP contribution in [0, 0.1) is 5.82 Å². The van der Waals surface area contributed by atoms with Crippen molar-refractivity contribution in [3.63, 3.8) is 0 Å². The average Bonchev–Trinajstić information content (AvgIpc) is 3.13. The van der Waals surface area contributed by atoms with E-state index in [0.29, 0.717) is 35.4 Å². The van der Waals surface area contributed by atoms with Crippen LogP contribution >= 0.6 is 11.8 Å². The van der Waals surface area contributed by atoms with E-state index in [4.69, 9.17) is 10.6 Å². The quantitative estimate of drug-likeness (QED) is 0.279.